The first-order valence-corrected chi connectivity index (χ1v) is 4.46. The van der Waals surface area contributed by atoms with E-state index in [-0.39, 0.29) is 5.78 Å². The van der Waals surface area contributed by atoms with Gasteiger partial charge in [0.25, 0.3) is 0 Å². The highest BCUT2D eigenvalue weighted by Crippen LogP contribution is 2.30. The fourth-order valence-electron chi connectivity index (χ4n) is 1.28. The van der Waals surface area contributed by atoms with Crippen LogP contribution in [-0.2, 0) is 0 Å². The predicted octanol–water partition coefficient (Wildman–Crippen LogP) is 2.87. The van der Waals surface area contributed by atoms with Crippen molar-refractivity contribution >= 4 is 34.0 Å². The molecular weight excluding hydrogens is 202 g/mol. The maximum absolute atomic E-state index is 11.0. The van der Waals surface area contributed by atoms with Crippen molar-refractivity contribution in [2.24, 2.45) is 0 Å². The predicted molar refractivity (Wildman–Crippen MR) is 55.6 cm³/mol. The quantitative estimate of drug-likeness (QED) is 0.580. The van der Waals surface area contributed by atoms with Gasteiger partial charge in [-0.1, -0.05) is 11.6 Å². The van der Waals surface area contributed by atoms with Crippen molar-refractivity contribution in [1.82, 2.24) is 0 Å². The van der Waals surface area contributed by atoms with Crippen LogP contribution in [0.15, 0.2) is 22.6 Å². The summed E-state index contributed by atoms with van der Waals surface area (Å²) in [5.41, 5.74) is 6.75. The summed E-state index contributed by atoms with van der Waals surface area (Å²) in [5, 5.41) is 1.15. The van der Waals surface area contributed by atoms with Crippen LogP contribution in [0.3, 0.4) is 0 Å². The summed E-state index contributed by atoms with van der Waals surface area (Å²) in [4.78, 5) is 11.0. The van der Waals surface area contributed by atoms with Gasteiger partial charge in [-0.25, -0.2) is 0 Å². The largest absolute Gasteiger partial charge is 0.453 e. The third kappa shape index (κ3) is 1.26. The van der Waals surface area contributed by atoms with Gasteiger partial charge in [-0.2, -0.15) is 0 Å². The molecule has 2 N–H and O–H groups in total. The second-order valence-electron chi connectivity index (χ2n) is 3.04. The molecule has 4 heteroatoms. The molecule has 0 aliphatic carbocycles. The maximum Gasteiger partial charge on any atom is 0.194 e. The number of nitrogen functional groups attached to an aromatic ring is 1. The highest BCUT2D eigenvalue weighted by atomic mass is 35.5. The molecule has 0 radical (unpaired) electrons. The number of rotatable bonds is 1. The molecule has 0 saturated carbocycles. The minimum Gasteiger partial charge on any atom is -0.453 e. The summed E-state index contributed by atoms with van der Waals surface area (Å²) in [6, 6.07) is 4.95. The molecule has 0 saturated heterocycles. The molecule has 0 aliphatic heterocycles. The average molecular weight is 210 g/mol. The molecule has 0 atom stereocenters. The summed E-state index contributed by atoms with van der Waals surface area (Å²) >= 11 is 5.82. The number of ketones is 1. The highest BCUT2D eigenvalue weighted by Gasteiger charge is 2.11. The number of hydrogen-bond acceptors (Lipinski definition) is 3. The molecular formula is C10H8ClNO2. The minimum atomic E-state index is -0.128. The molecule has 0 amide bonds. The van der Waals surface area contributed by atoms with Crippen LogP contribution in [0.2, 0.25) is 5.02 Å². The van der Waals surface area contributed by atoms with Gasteiger partial charge in [0.15, 0.2) is 11.5 Å². The second kappa shape index (κ2) is 3.03. The molecule has 0 unspecified atom stereocenters. The first-order chi connectivity index (χ1) is 6.59. The van der Waals surface area contributed by atoms with Crippen molar-refractivity contribution in [1.29, 1.82) is 0 Å². The lowest BCUT2D eigenvalue weighted by molar-refractivity contribution is 0.0989. The smallest absolute Gasteiger partial charge is 0.194 e. The van der Waals surface area contributed by atoms with Crippen molar-refractivity contribution in [3.05, 3.63) is 29.0 Å². The third-order valence-corrected chi connectivity index (χ3v) is 2.37. The van der Waals surface area contributed by atoms with Gasteiger partial charge in [-0.05, 0) is 18.2 Å². The van der Waals surface area contributed by atoms with E-state index in [0.717, 1.165) is 0 Å². The van der Waals surface area contributed by atoms with Crippen molar-refractivity contribution in [2.45, 2.75) is 6.92 Å². The van der Waals surface area contributed by atoms with Gasteiger partial charge in [0.05, 0.1) is 10.7 Å². The molecule has 1 aromatic heterocycles. The number of fused-ring (bicyclic) bond motifs is 1. The molecule has 0 aliphatic rings. The van der Waals surface area contributed by atoms with Crippen LogP contribution in [-0.4, -0.2) is 5.78 Å². The molecule has 3 nitrogen and oxygen atoms in total. The Balaban J connectivity index is 2.77. The van der Waals surface area contributed by atoms with Crippen LogP contribution in [0.25, 0.3) is 11.0 Å². The van der Waals surface area contributed by atoms with Crippen LogP contribution in [0.5, 0.6) is 0 Å². The van der Waals surface area contributed by atoms with Crippen LogP contribution < -0.4 is 5.73 Å². The Kier molecular flexibility index (Phi) is 1.97. The Labute approximate surface area is 85.4 Å². The van der Waals surface area contributed by atoms with Crippen molar-refractivity contribution < 1.29 is 9.21 Å². The fraction of sp³-hybridized carbons (Fsp3) is 0.100. The maximum atomic E-state index is 11.0. The van der Waals surface area contributed by atoms with Crippen LogP contribution in [0.1, 0.15) is 17.5 Å². The SMILES string of the molecule is CC(=O)c1cc2c(N)c(Cl)ccc2o1. The van der Waals surface area contributed by atoms with Gasteiger partial charge in [0, 0.05) is 12.3 Å². The van der Waals surface area contributed by atoms with E-state index >= 15 is 0 Å². The van der Waals surface area contributed by atoms with Gasteiger partial charge in [0.2, 0.25) is 0 Å². The number of hydrogen-bond donors (Lipinski definition) is 1. The molecule has 1 heterocycles. The number of furan rings is 1. The molecule has 2 aromatic rings. The van der Waals surface area contributed by atoms with Gasteiger partial charge in [0.1, 0.15) is 5.58 Å². The average Bonchev–Trinajstić information content (AvgIpc) is 2.56. The number of benzene rings is 1. The van der Waals surface area contributed by atoms with E-state index in [9.17, 15) is 4.79 Å². The summed E-state index contributed by atoms with van der Waals surface area (Å²) in [6.45, 7) is 1.44. The number of carbonyl (C=O) groups excluding carboxylic acids is 1. The minimum absolute atomic E-state index is 0.128. The lowest BCUT2D eigenvalue weighted by atomic mass is 10.2. The Hall–Kier alpha value is -1.48. The second-order valence-corrected chi connectivity index (χ2v) is 3.45. The van der Waals surface area contributed by atoms with Gasteiger partial charge in [-0.3, -0.25) is 4.79 Å². The van der Waals surface area contributed by atoms with E-state index in [0.29, 0.717) is 27.4 Å². The Bertz CT molecular complexity index is 516. The Morgan fingerprint density at radius 1 is 1.50 bits per heavy atom. The number of nitrogens with two attached hydrogens (primary N) is 1. The van der Waals surface area contributed by atoms with E-state index in [1.807, 2.05) is 0 Å². The van der Waals surface area contributed by atoms with Crippen LogP contribution in [0, 0.1) is 0 Å². The third-order valence-electron chi connectivity index (χ3n) is 2.04. The van der Waals surface area contributed by atoms with Crippen LogP contribution in [0.4, 0.5) is 5.69 Å². The summed E-state index contributed by atoms with van der Waals surface area (Å²) in [6.07, 6.45) is 0. The zero-order chi connectivity index (χ0) is 10.3. The normalized spacial score (nSPS) is 10.7. The number of Topliss-reactive ketones (excluding diaryl/α,β-unsaturated/α-hetero) is 1. The lowest BCUT2D eigenvalue weighted by Gasteiger charge is -1.96. The first kappa shape index (κ1) is 9.09. The van der Waals surface area contributed by atoms with E-state index in [1.165, 1.54) is 6.92 Å². The Morgan fingerprint density at radius 2 is 2.21 bits per heavy atom. The molecule has 2 rings (SSSR count). The summed E-state index contributed by atoms with van der Waals surface area (Å²) in [7, 11) is 0. The molecule has 1 aromatic carbocycles. The molecule has 0 spiro atoms. The zero-order valence-corrected chi connectivity index (χ0v) is 8.26. The van der Waals surface area contributed by atoms with Crippen LogP contribution >= 0.6 is 11.6 Å². The van der Waals surface area contributed by atoms with Crippen molar-refractivity contribution in [3.8, 4) is 0 Å². The van der Waals surface area contributed by atoms with E-state index in [4.69, 9.17) is 21.8 Å². The molecule has 0 fully saturated rings. The van der Waals surface area contributed by atoms with Gasteiger partial charge in [-0.15, -0.1) is 0 Å². The zero-order valence-electron chi connectivity index (χ0n) is 7.50. The highest BCUT2D eigenvalue weighted by molar-refractivity contribution is 6.34. The molecule has 0 bridgehead atoms. The standard InChI is InChI=1S/C10H8ClNO2/c1-5(13)9-4-6-8(14-9)3-2-7(11)10(6)12/h2-4H,12H2,1H3. The molecule has 14 heavy (non-hydrogen) atoms. The van der Waals surface area contributed by atoms with Gasteiger partial charge < -0.3 is 10.2 Å². The summed E-state index contributed by atoms with van der Waals surface area (Å²) < 4.78 is 5.28. The summed E-state index contributed by atoms with van der Waals surface area (Å²) in [5.74, 6) is 0.172. The number of halogens is 1. The van der Waals surface area contributed by atoms with Crippen molar-refractivity contribution in [3.63, 3.8) is 0 Å². The monoisotopic (exact) mass is 209 g/mol. The van der Waals surface area contributed by atoms with E-state index in [1.54, 1.807) is 18.2 Å². The number of anilines is 1. The fourth-order valence-corrected chi connectivity index (χ4v) is 1.44. The first-order valence-electron chi connectivity index (χ1n) is 4.08. The van der Waals surface area contributed by atoms with Gasteiger partial charge >= 0.3 is 0 Å². The number of carbonyl (C=O) groups is 1. The topological polar surface area (TPSA) is 56.2 Å². The Morgan fingerprint density at radius 3 is 2.86 bits per heavy atom. The lowest BCUT2D eigenvalue weighted by Crippen LogP contribution is -1.87. The van der Waals surface area contributed by atoms with Crippen molar-refractivity contribution in [2.75, 3.05) is 5.73 Å². The molecule has 72 valence electrons. The van der Waals surface area contributed by atoms with E-state index < -0.39 is 0 Å². The van der Waals surface area contributed by atoms with E-state index in [2.05, 4.69) is 0 Å².